The summed E-state index contributed by atoms with van der Waals surface area (Å²) in [5, 5.41) is 11.5. The number of carboxylic acid groups (broad SMARTS) is 1. The second kappa shape index (κ2) is 15.4. The zero-order chi connectivity index (χ0) is 31.6. The Morgan fingerprint density at radius 3 is 2.18 bits per heavy atom. The van der Waals surface area contributed by atoms with E-state index in [9.17, 15) is 19.5 Å². The van der Waals surface area contributed by atoms with Gasteiger partial charge in [0.1, 0.15) is 5.75 Å². The number of amides is 1. The highest BCUT2D eigenvalue weighted by atomic mass is 16.6. The number of unbranched alkanes of at least 4 members (excludes halogenated alkanes) is 2. The van der Waals surface area contributed by atoms with E-state index < -0.39 is 11.9 Å². The highest BCUT2D eigenvalue weighted by molar-refractivity contribution is 6.19. The Labute approximate surface area is 259 Å². The molecule has 1 amide bonds. The van der Waals surface area contributed by atoms with Crippen LogP contribution in [0.5, 0.6) is 5.75 Å². The maximum Gasteiger partial charge on any atom is 0.344 e. The number of hydrogen-bond donors (Lipinski definition) is 2. The molecule has 0 aliphatic rings. The lowest BCUT2D eigenvalue weighted by Gasteiger charge is -2.15. The lowest BCUT2D eigenvalue weighted by atomic mass is 9.99. The predicted octanol–water partition coefficient (Wildman–Crippen LogP) is 6.98. The van der Waals surface area contributed by atoms with Crippen LogP contribution in [0, 0.1) is 0 Å². The van der Waals surface area contributed by atoms with Crippen LogP contribution in [0.2, 0.25) is 0 Å². The third kappa shape index (κ3) is 7.78. The van der Waals surface area contributed by atoms with Gasteiger partial charge in [-0.3, -0.25) is 4.79 Å². The van der Waals surface area contributed by atoms with Crippen molar-refractivity contribution in [1.82, 2.24) is 4.57 Å². The summed E-state index contributed by atoms with van der Waals surface area (Å²) in [5.41, 5.74) is 12.0. The Morgan fingerprint density at radius 1 is 0.841 bits per heavy atom. The van der Waals surface area contributed by atoms with Crippen molar-refractivity contribution in [2.45, 2.75) is 85.1 Å². The molecule has 234 valence electrons. The number of benzene rings is 3. The molecule has 0 aliphatic heterocycles. The van der Waals surface area contributed by atoms with E-state index in [2.05, 4.69) is 36.6 Å². The maximum atomic E-state index is 12.5. The van der Waals surface area contributed by atoms with Crippen LogP contribution < -0.4 is 10.5 Å². The molecule has 8 nitrogen and oxygen atoms in total. The van der Waals surface area contributed by atoms with E-state index >= 15 is 0 Å². The number of carboxylic acids is 1. The monoisotopic (exact) mass is 600 g/mol. The molecule has 0 bridgehead atoms. The molecule has 0 saturated heterocycles. The minimum Gasteiger partial charge on any atom is -0.481 e. The van der Waals surface area contributed by atoms with E-state index in [0.717, 1.165) is 73.5 Å². The number of rotatable bonds is 17. The summed E-state index contributed by atoms with van der Waals surface area (Å²) in [6.07, 6.45) is 7.55. The Bertz CT molecular complexity index is 1610. The van der Waals surface area contributed by atoms with Gasteiger partial charge in [0.2, 0.25) is 5.91 Å². The van der Waals surface area contributed by atoms with Crippen molar-refractivity contribution in [2.75, 3.05) is 13.2 Å². The van der Waals surface area contributed by atoms with Crippen LogP contribution in [0.4, 0.5) is 0 Å². The molecule has 0 atom stereocenters. The van der Waals surface area contributed by atoms with Crippen LogP contribution in [0.3, 0.4) is 0 Å². The normalized spacial score (nSPS) is 11.2. The molecule has 0 radical (unpaired) electrons. The molecule has 3 N–H and O–H groups in total. The van der Waals surface area contributed by atoms with Gasteiger partial charge in [-0.25, -0.2) is 9.59 Å². The third-order valence-electron chi connectivity index (χ3n) is 7.86. The molecule has 44 heavy (non-hydrogen) atoms. The van der Waals surface area contributed by atoms with Gasteiger partial charge in [-0.15, -0.1) is 0 Å². The van der Waals surface area contributed by atoms with Crippen LogP contribution >= 0.6 is 0 Å². The highest BCUT2D eigenvalue weighted by Crippen LogP contribution is 2.40. The second-order valence-electron chi connectivity index (χ2n) is 11.3. The minimum atomic E-state index is -1.03. The molecule has 0 saturated carbocycles. The minimum absolute atomic E-state index is 0.178. The summed E-state index contributed by atoms with van der Waals surface area (Å²) in [6, 6.07) is 16.0. The molecule has 1 heterocycles. The Morgan fingerprint density at radius 2 is 1.55 bits per heavy atom. The van der Waals surface area contributed by atoms with Crippen LogP contribution in [0.15, 0.2) is 48.5 Å². The molecular formula is C36H44N2O6. The van der Waals surface area contributed by atoms with Gasteiger partial charge in [-0.05, 0) is 79.5 Å². The molecule has 8 heteroatoms. The lowest BCUT2D eigenvalue weighted by molar-refractivity contribution is -0.145. The van der Waals surface area contributed by atoms with Crippen LogP contribution in [-0.4, -0.2) is 40.7 Å². The molecule has 0 fully saturated rings. The first-order valence-corrected chi connectivity index (χ1v) is 15.8. The SMILES string of the molecule is CCCc1cc(CCC)cc(Cn2c3cccc(C(=O)O)c3c3c(OCC(=O)OCC)ccc(CCCCCC(N)=O)c32)c1. The summed E-state index contributed by atoms with van der Waals surface area (Å²) >= 11 is 0. The standard InChI is InChI=1S/C36H44N2O6/c1-4-11-24-19-25(12-5-2)21-26(20-24)22-38-29-15-10-14-28(36(41)42)33(29)34-30(44-23-32(40)43-6-3)18-17-27(35(34)38)13-8-7-9-16-31(37)39/h10,14-15,17-21H,4-9,11-13,16,22-23H2,1-3H3,(H2,37,39)(H,41,42). The summed E-state index contributed by atoms with van der Waals surface area (Å²) in [6.45, 7) is 6.61. The van der Waals surface area contributed by atoms with E-state index in [-0.39, 0.29) is 24.7 Å². The Balaban J connectivity index is 1.93. The maximum absolute atomic E-state index is 12.5. The van der Waals surface area contributed by atoms with Crippen molar-refractivity contribution in [3.63, 3.8) is 0 Å². The largest absolute Gasteiger partial charge is 0.481 e. The van der Waals surface area contributed by atoms with Crippen molar-refractivity contribution < 1.29 is 29.0 Å². The number of aryl methyl sites for hydroxylation is 3. The van der Waals surface area contributed by atoms with Crippen molar-refractivity contribution in [1.29, 1.82) is 0 Å². The number of hydrogen-bond acceptors (Lipinski definition) is 5. The van der Waals surface area contributed by atoms with Gasteiger partial charge in [-0.1, -0.05) is 63.4 Å². The second-order valence-corrected chi connectivity index (χ2v) is 11.3. The summed E-state index contributed by atoms with van der Waals surface area (Å²) in [5.74, 6) is -1.38. The predicted molar refractivity (Wildman–Crippen MR) is 173 cm³/mol. The molecule has 4 rings (SSSR count). The van der Waals surface area contributed by atoms with Gasteiger partial charge in [-0.2, -0.15) is 0 Å². The van der Waals surface area contributed by atoms with Crippen molar-refractivity contribution in [3.8, 4) is 5.75 Å². The fraction of sp³-hybridized carbons (Fsp3) is 0.417. The number of carbonyl (C=O) groups is 3. The molecule has 0 unspecified atom stereocenters. The summed E-state index contributed by atoms with van der Waals surface area (Å²) in [4.78, 5) is 36.0. The molecule has 4 aromatic rings. The molecule has 1 aromatic heterocycles. The number of primary amides is 1. The van der Waals surface area contributed by atoms with Crippen molar-refractivity contribution in [2.24, 2.45) is 5.73 Å². The van der Waals surface area contributed by atoms with E-state index in [1.807, 2.05) is 18.2 Å². The zero-order valence-corrected chi connectivity index (χ0v) is 26.1. The topological polar surface area (TPSA) is 121 Å². The average Bonchev–Trinajstić information content (AvgIpc) is 3.31. The highest BCUT2D eigenvalue weighted by Gasteiger charge is 2.23. The van der Waals surface area contributed by atoms with Crippen LogP contribution in [0.25, 0.3) is 21.8 Å². The van der Waals surface area contributed by atoms with Gasteiger partial charge in [0, 0.05) is 18.4 Å². The van der Waals surface area contributed by atoms with E-state index in [0.29, 0.717) is 29.5 Å². The fourth-order valence-electron chi connectivity index (χ4n) is 6.09. The fourth-order valence-corrected chi connectivity index (χ4v) is 6.09. The number of carbonyl (C=O) groups excluding carboxylic acids is 2. The number of nitrogens with zero attached hydrogens (tertiary/aromatic N) is 1. The van der Waals surface area contributed by atoms with Crippen LogP contribution in [0.1, 0.15) is 91.9 Å². The smallest absolute Gasteiger partial charge is 0.344 e. The molecule has 0 spiro atoms. The van der Waals surface area contributed by atoms with Gasteiger partial charge in [0.25, 0.3) is 0 Å². The number of fused-ring (bicyclic) bond motifs is 3. The number of nitrogens with two attached hydrogens (primary N) is 1. The van der Waals surface area contributed by atoms with Gasteiger partial charge >= 0.3 is 11.9 Å². The van der Waals surface area contributed by atoms with Crippen LogP contribution in [-0.2, 0) is 40.1 Å². The van der Waals surface area contributed by atoms with Gasteiger partial charge < -0.3 is 24.9 Å². The van der Waals surface area contributed by atoms with E-state index in [1.54, 1.807) is 19.1 Å². The zero-order valence-electron chi connectivity index (χ0n) is 26.1. The molecule has 3 aromatic carbocycles. The first-order valence-electron chi connectivity index (χ1n) is 15.8. The summed E-state index contributed by atoms with van der Waals surface area (Å²) in [7, 11) is 0. The third-order valence-corrected chi connectivity index (χ3v) is 7.86. The van der Waals surface area contributed by atoms with E-state index in [4.69, 9.17) is 15.2 Å². The Hall–Kier alpha value is -4.33. The Kier molecular flexibility index (Phi) is 11.4. The first kappa shape index (κ1) is 32.6. The van der Waals surface area contributed by atoms with Crippen molar-refractivity contribution >= 4 is 39.7 Å². The van der Waals surface area contributed by atoms with Gasteiger partial charge in [0.05, 0.1) is 28.6 Å². The number of esters is 1. The molecular weight excluding hydrogens is 556 g/mol. The quantitative estimate of drug-likeness (QED) is 0.0997. The summed E-state index contributed by atoms with van der Waals surface area (Å²) < 4.78 is 13.3. The first-order chi connectivity index (χ1) is 21.3. The van der Waals surface area contributed by atoms with Gasteiger partial charge in [0.15, 0.2) is 6.61 Å². The average molecular weight is 601 g/mol. The van der Waals surface area contributed by atoms with Crippen molar-refractivity contribution in [3.05, 3.63) is 76.3 Å². The number of ether oxygens (including phenoxy) is 2. The molecule has 0 aliphatic carbocycles. The number of aromatic carboxylic acids is 1. The number of aromatic nitrogens is 1. The lowest BCUT2D eigenvalue weighted by Crippen LogP contribution is -2.14. The van der Waals surface area contributed by atoms with E-state index in [1.165, 1.54) is 11.1 Å².